The van der Waals surface area contributed by atoms with Gasteiger partial charge in [0.15, 0.2) is 0 Å². The van der Waals surface area contributed by atoms with E-state index in [-0.39, 0.29) is 0 Å². The SMILES string of the molecule is CCC(C)(CNCC(C)C)CN(C)Cc1cccc(Br)c1. The first kappa shape index (κ1) is 18.7. The fourth-order valence-corrected chi connectivity index (χ4v) is 3.06. The van der Waals surface area contributed by atoms with Gasteiger partial charge in [0, 0.05) is 24.1 Å². The molecule has 0 aromatic heterocycles. The maximum Gasteiger partial charge on any atom is 0.0231 e. The predicted molar refractivity (Wildman–Crippen MR) is 96.6 cm³/mol. The molecule has 0 aliphatic heterocycles. The number of hydrogen-bond donors (Lipinski definition) is 1. The van der Waals surface area contributed by atoms with E-state index in [0.29, 0.717) is 11.3 Å². The highest BCUT2D eigenvalue weighted by atomic mass is 79.9. The molecule has 0 heterocycles. The quantitative estimate of drug-likeness (QED) is 0.699. The lowest BCUT2D eigenvalue weighted by molar-refractivity contribution is 0.174. The molecule has 2 nitrogen and oxygen atoms in total. The van der Waals surface area contributed by atoms with Crippen LogP contribution >= 0.6 is 15.9 Å². The average Bonchev–Trinajstić information content (AvgIpc) is 2.38. The van der Waals surface area contributed by atoms with Gasteiger partial charge in [-0.1, -0.05) is 55.8 Å². The Morgan fingerprint density at radius 2 is 2.05 bits per heavy atom. The third-order valence-electron chi connectivity index (χ3n) is 3.95. The second kappa shape index (κ2) is 8.92. The molecule has 0 aliphatic rings. The van der Waals surface area contributed by atoms with E-state index in [9.17, 15) is 0 Å². The minimum Gasteiger partial charge on any atom is -0.316 e. The Morgan fingerprint density at radius 3 is 2.62 bits per heavy atom. The zero-order valence-corrected chi connectivity index (χ0v) is 15.8. The van der Waals surface area contributed by atoms with Gasteiger partial charge >= 0.3 is 0 Å². The Labute approximate surface area is 139 Å². The molecule has 0 fully saturated rings. The molecule has 3 heteroatoms. The van der Waals surface area contributed by atoms with Gasteiger partial charge in [0.25, 0.3) is 0 Å². The Balaban J connectivity index is 2.51. The summed E-state index contributed by atoms with van der Waals surface area (Å²) in [5.74, 6) is 0.713. The molecule has 120 valence electrons. The van der Waals surface area contributed by atoms with Crippen LogP contribution in [0.5, 0.6) is 0 Å². The minimum absolute atomic E-state index is 0.329. The second-order valence-electron chi connectivity index (χ2n) is 6.99. The van der Waals surface area contributed by atoms with Gasteiger partial charge in [0.05, 0.1) is 0 Å². The van der Waals surface area contributed by atoms with Crippen LogP contribution in [0, 0.1) is 11.3 Å². The van der Waals surface area contributed by atoms with Crippen molar-refractivity contribution in [1.29, 1.82) is 0 Å². The first-order chi connectivity index (χ1) is 9.84. The zero-order chi connectivity index (χ0) is 15.9. The molecular formula is C18H31BrN2. The van der Waals surface area contributed by atoms with Crippen LogP contribution in [-0.2, 0) is 6.54 Å². The molecule has 0 spiro atoms. The summed E-state index contributed by atoms with van der Waals surface area (Å²) in [5.41, 5.74) is 1.69. The Morgan fingerprint density at radius 1 is 1.33 bits per heavy atom. The standard InChI is InChI=1S/C18H31BrN2/c1-6-18(4,13-20-11-15(2)3)14-21(5)12-16-8-7-9-17(19)10-16/h7-10,15,20H,6,11-14H2,1-5H3. The van der Waals surface area contributed by atoms with Crippen molar-refractivity contribution in [3.05, 3.63) is 34.3 Å². The predicted octanol–water partition coefficient (Wildman–Crippen LogP) is 4.54. The van der Waals surface area contributed by atoms with Crippen LogP contribution < -0.4 is 5.32 Å². The summed E-state index contributed by atoms with van der Waals surface area (Å²) in [4.78, 5) is 2.43. The summed E-state index contributed by atoms with van der Waals surface area (Å²) < 4.78 is 1.16. The van der Waals surface area contributed by atoms with E-state index < -0.39 is 0 Å². The van der Waals surface area contributed by atoms with Crippen molar-refractivity contribution in [2.45, 2.75) is 40.7 Å². The summed E-state index contributed by atoms with van der Waals surface area (Å²) in [5, 5.41) is 3.62. The zero-order valence-electron chi connectivity index (χ0n) is 14.2. The van der Waals surface area contributed by atoms with E-state index >= 15 is 0 Å². The molecule has 1 aromatic rings. The van der Waals surface area contributed by atoms with Gasteiger partial charge in [0.2, 0.25) is 0 Å². The topological polar surface area (TPSA) is 15.3 Å². The Hall–Kier alpha value is -0.380. The fraction of sp³-hybridized carbons (Fsp3) is 0.667. The number of rotatable bonds is 9. The van der Waals surface area contributed by atoms with Crippen LogP contribution in [-0.4, -0.2) is 31.6 Å². The van der Waals surface area contributed by atoms with Gasteiger partial charge in [-0.15, -0.1) is 0 Å². The van der Waals surface area contributed by atoms with Crippen LogP contribution in [0.3, 0.4) is 0 Å². The maximum absolute atomic E-state index is 3.62. The lowest BCUT2D eigenvalue weighted by Crippen LogP contribution is -2.41. The van der Waals surface area contributed by atoms with E-state index in [1.807, 2.05) is 0 Å². The highest BCUT2D eigenvalue weighted by Gasteiger charge is 2.23. The molecule has 1 atom stereocenters. The number of halogens is 1. The van der Waals surface area contributed by atoms with Crippen LogP contribution in [0.1, 0.15) is 39.7 Å². The molecule has 21 heavy (non-hydrogen) atoms. The van der Waals surface area contributed by atoms with Crippen molar-refractivity contribution in [2.75, 3.05) is 26.7 Å². The van der Waals surface area contributed by atoms with Gasteiger partial charge < -0.3 is 10.2 Å². The molecular weight excluding hydrogens is 324 g/mol. The molecule has 0 bridgehead atoms. The van der Waals surface area contributed by atoms with E-state index in [1.54, 1.807) is 0 Å². The monoisotopic (exact) mass is 354 g/mol. The number of benzene rings is 1. The first-order valence-corrected chi connectivity index (χ1v) is 8.77. The number of nitrogens with zero attached hydrogens (tertiary/aromatic N) is 1. The first-order valence-electron chi connectivity index (χ1n) is 7.98. The van der Waals surface area contributed by atoms with E-state index in [0.717, 1.165) is 30.7 Å². The highest BCUT2D eigenvalue weighted by Crippen LogP contribution is 2.22. The summed E-state index contributed by atoms with van der Waals surface area (Å²) in [7, 11) is 2.22. The van der Waals surface area contributed by atoms with Crippen LogP contribution in [0.15, 0.2) is 28.7 Å². The lowest BCUT2D eigenvalue weighted by Gasteiger charge is -2.33. The van der Waals surface area contributed by atoms with Crippen molar-refractivity contribution in [2.24, 2.45) is 11.3 Å². The summed E-state index contributed by atoms with van der Waals surface area (Å²) in [6.07, 6.45) is 1.20. The van der Waals surface area contributed by atoms with Gasteiger partial charge in [-0.25, -0.2) is 0 Å². The normalized spacial score (nSPS) is 14.7. The van der Waals surface area contributed by atoms with Crippen molar-refractivity contribution in [3.63, 3.8) is 0 Å². The third kappa shape index (κ3) is 7.44. The largest absolute Gasteiger partial charge is 0.316 e. The van der Waals surface area contributed by atoms with Crippen molar-refractivity contribution < 1.29 is 0 Å². The third-order valence-corrected chi connectivity index (χ3v) is 4.44. The van der Waals surface area contributed by atoms with Crippen molar-refractivity contribution >= 4 is 15.9 Å². The minimum atomic E-state index is 0.329. The molecule has 0 amide bonds. The summed E-state index contributed by atoms with van der Waals surface area (Å²) in [6.45, 7) is 13.5. The molecule has 0 saturated heterocycles. The van der Waals surface area contributed by atoms with Gasteiger partial charge in [-0.05, 0) is 49.0 Å². The van der Waals surface area contributed by atoms with E-state index in [4.69, 9.17) is 0 Å². The number of nitrogens with one attached hydrogen (secondary N) is 1. The van der Waals surface area contributed by atoms with Crippen LogP contribution in [0.2, 0.25) is 0 Å². The summed E-state index contributed by atoms with van der Waals surface area (Å²) >= 11 is 3.55. The molecule has 1 unspecified atom stereocenters. The molecule has 0 saturated carbocycles. The van der Waals surface area contributed by atoms with Crippen LogP contribution in [0.25, 0.3) is 0 Å². The van der Waals surface area contributed by atoms with Crippen LogP contribution in [0.4, 0.5) is 0 Å². The van der Waals surface area contributed by atoms with Gasteiger partial charge in [-0.3, -0.25) is 0 Å². The number of hydrogen-bond acceptors (Lipinski definition) is 2. The average molecular weight is 355 g/mol. The van der Waals surface area contributed by atoms with Crippen molar-refractivity contribution in [3.8, 4) is 0 Å². The molecule has 0 aliphatic carbocycles. The van der Waals surface area contributed by atoms with E-state index in [2.05, 4.69) is 85.2 Å². The van der Waals surface area contributed by atoms with E-state index in [1.165, 1.54) is 12.0 Å². The molecule has 1 rings (SSSR count). The van der Waals surface area contributed by atoms with Gasteiger partial charge in [0.1, 0.15) is 0 Å². The Bertz CT molecular complexity index is 419. The molecule has 0 radical (unpaired) electrons. The fourth-order valence-electron chi connectivity index (χ4n) is 2.61. The van der Waals surface area contributed by atoms with Crippen molar-refractivity contribution in [1.82, 2.24) is 10.2 Å². The molecule has 1 N–H and O–H groups in total. The summed E-state index contributed by atoms with van der Waals surface area (Å²) in [6, 6.07) is 8.59. The Kier molecular flexibility index (Phi) is 7.93. The smallest absolute Gasteiger partial charge is 0.0231 e. The highest BCUT2D eigenvalue weighted by molar-refractivity contribution is 9.10. The molecule has 1 aromatic carbocycles. The second-order valence-corrected chi connectivity index (χ2v) is 7.91. The lowest BCUT2D eigenvalue weighted by atomic mass is 9.86. The van der Waals surface area contributed by atoms with Gasteiger partial charge in [-0.2, -0.15) is 0 Å². The maximum atomic E-state index is 3.62.